The summed E-state index contributed by atoms with van der Waals surface area (Å²) in [5.41, 5.74) is 2.98. The minimum Gasteiger partial charge on any atom is -0.371 e. The van der Waals surface area contributed by atoms with Crippen LogP contribution in [0.25, 0.3) is 0 Å². The van der Waals surface area contributed by atoms with Crippen molar-refractivity contribution in [1.29, 1.82) is 0 Å². The highest BCUT2D eigenvalue weighted by molar-refractivity contribution is 7.80. The van der Waals surface area contributed by atoms with Gasteiger partial charge in [-0.05, 0) is 43.1 Å². The molecule has 82 valence electrons. The Labute approximate surface area is 97.9 Å². The van der Waals surface area contributed by atoms with Crippen LogP contribution in [0, 0.1) is 0 Å². The maximum Gasteiger partial charge on any atom is 0.0398 e. The molecule has 2 rings (SSSR count). The predicted molar refractivity (Wildman–Crippen MR) is 70.1 cm³/mol. The van der Waals surface area contributed by atoms with Gasteiger partial charge in [-0.2, -0.15) is 12.6 Å². The Morgan fingerprint density at radius 3 is 2.93 bits per heavy atom. The van der Waals surface area contributed by atoms with Crippen LogP contribution in [-0.2, 0) is 6.42 Å². The number of hydrogen-bond acceptors (Lipinski definition) is 2. The van der Waals surface area contributed by atoms with Crippen molar-refractivity contribution < 1.29 is 0 Å². The molecule has 15 heavy (non-hydrogen) atoms. The van der Waals surface area contributed by atoms with Crippen molar-refractivity contribution in [2.24, 2.45) is 0 Å². The molecule has 0 saturated heterocycles. The summed E-state index contributed by atoms with van der Waals surface area (Å²) in [6, 6.07) is 8.82. The third-order valence-electron chi connectivity index (χ3n) is 3.04. The molecule has 0 bridgehead atoms. The van der Waals surface area contributed by atoms with E-state index in [0.717, 1.165) is 5.75 Å². The van der Waals surface area contributed by atoms with E-state index < -0.39 is 0 Å². The quantitative estimate of drug-likeness (QED) is 0.604. The Morgan fingerprint density at radius 1 is 1.20 bits per heavy atom. The monoisotopic (exact) mass is 221 g/mol. The molecule has 0 fully saturated rings. The smallest absolute Gasteiger partial charge is 0.0398 e. The highest BCUT2D eigenvalue weighted by atomic mass is 32.1. The van der Waals surface area contributed by atoms with Gasteiger partial charge in [0.1, 0.15) is 0 Å². The largest absolute Gasteiger partial charge is 0.371 e. The number of aryl methyl sites for hydroxylation is 1. The first-order chi connectivity index (χ1) is 7.42. The zero-order chi connectivity index (χ0) is 10.5. The van der Waals surface area contributed by atoms with E-state index in [2.05, 4.69) is 41.8 Å². The third kappa shape index (κ3) is 2.69. The highest BCUT2D eigenvalue weighted by Gasteiger charge is 2.14. The van der Waals surface area contributed by atoms with Gasteiger partial charge in [0.25, 0.3) is 0 Å². The second kappa shape index (κ2) is 5.45. The summed E-state index contributed by atoms with van der Waals surface area (Å²) in [4.78, 5) is 2.53. The molecule has 0 saturated carbocycles. The topological polar surface area (TPSA) is 3.24 Å². The van der Waals surface area contributed by atoms with Crippen LogP contribution >= 0.6 is 12.6 Å². The molecule has 1 nitrogen and oxygen atoms in total. The molecule has 0 aromatic heterocycles. The Morgan fingerprint density at radius 2 is 2.07 bits per heavy atom. The first-order valence-electron chi connectivity index (χ1n) is 5.85. The van der Waals surface area contributed by atoms with Gasteiger partial charge in [-0.15, -0.1) is 0 Å². The van der Waals surface area contributed by atoms with Crippen molar-refractivity contribution in [3.63, 3.8) is 0 Å². The van der Waals surface area contributed by atoms with Crippen LogP contribution < -0.4 is 4.90 Å². The number of nitrogens with zero attached hydrogens (tertiary/aromatic N) is 1. The van der Waals surface area contributed by atoms with Crippen molar-refractivity contribution in [3.05, 3.63) is 29.8 Å². The second-order valence-electron chi connectivity index (χ2n) is 4.15. The van der Waals surface area contributed by atoms with Crippen LogP contribution in [0.5, 0.6) is 0 Å². The van der Waals surface area contributed by atoms with E-state index in [9.17, 15) is 0 Å². The molecule has 1 heterocycles. The summed E-state index contributed by atoms with van der Waals surface area (Å²) in [6.45, 7) is 2.42. The highest BCUT2D eigenvalue weighted by Crippen LogP contribution is 2.26. The van der Waals surface area contributed by atoms with Crippen molar-refractivity contribution in [2.75, 3.05) is 23.7 Å². The molecule has 1 aromatic rings. The standard InChI is InChI=1S/C13H19NS/c15-11-4-3-9-14-10-5-7-12-6-1-2-8-13(12)14/h1-2,6,8,15H,3-5,7,9-11H2. The zero-order valence-corrected chi connectivity index (χ0v) is 10.0. The lowest BCUT2D eigenvalue weighted by atomic mass is 10.0. The van der Waals surface area contributed by atoms with Crippen LogP contribution in [-0.4, -0.2) is 18.8 Å². The maximum absolute atomic E-state index is 4.26. The van der Waals surface area contributed by atoms with Gasteiger partial charge in [0.05, 0.1) is 0 Å². The van der Waals surface area contributed by atoms with Crippen LogP contribution in [0.3, 0.4) is 0 Å². The normalized spacial score (nSPS) is 15.1. The van der Waals surface area contributed by atoms with E-state index >= 15 is 0 Å². The Bertz CT molecular complexity index is 311. The number of rotatable bonds is 4. The van der Waals surface area contributed by atoms with E-state index in [1.54, 1.807) is 0 Å². The number of hydrogen-bond donors (Lipinski definition) is 1. The number of anilines is 1. The summed E-state index contributed by atoms with van der Waals surface area (Å²) in [6.07, 6.45) is 5.04. The summed E-state index contributed by atoms with van der Waals surface area (Å²) in [7, 11) is 0. The lowest BCUT2D eigenvalue weighted by Crippen LogP contribution is -2.30. The fraction of sp³-hybridized carbons (Fsp3) is 0.538. The van der Waals surface area contributed by atoms with Crippen molar-refractivity contribution in [2.45, 2.75) is 25.7 Å². The molecular formula is C13H19NS. The Kier molecular flexibility index (Phi) is 3.95. The van der Waals surface area contributed by atoms with Crippen LogP contribution in [0.1, 0.15) is 24.8 Å². The number of thiol groups is 1. The Hall–Kier alpha value is -0.630. The van der Waals surface area contributed by atoms with Gasteiger partial charge in [0, 0.05) is 18.8 Å². The molecule has 1 aromatic carbocycles. The molecule has 0 amide bonds. The van der Waals surface area contributed by atoms with Gasteiger partial charge in [-0.3, -0.25) is 0 Å². The van der Waals surface area contributed by atoms with Gasteiger partial charge in [0.15, 0.2) is 0 Å². The summed E-state index contributed by atoms with van der Waals surface area (Å²) in [5, 5.41) is 0. The van der Waals surface area contributed by atoms with Crippen molar-refractivity contribution >= 4 is 18.3 Å². The zero-order valence-electron chi connectivity index (χ0n) is 9.15. The van der Waals surface area contributed by atoms with E-state index in [1.807, 2.05) is 0 Å². The fourth-order valence-corrected chi connectivity index (χ4v) is 2.48. The molecule has 0 atom stereocenters. The predicted octanol–water partition coefficient (Wildman–Crippen LogP) is 3.15. The molecule has 0 aliphatic carbocycles. The molecule has 1 aliphatic heterocycles. The van der Waals surface area contributed by atoms with Gasteiger partial charge >= 0.3 is 0 Å². The van der Waals surface area contributed by atoms with E-state index in [0.29, 0.717) is 0 Å². The molecule has 0 unspecified atom stereocenters. The van der Waals surface area contributed by atoms with E-state index in [4.69, 9.17) is 0 Å². The SMILES string of the molecule is SCCCCN1CCCc2ccccc21. The van der Waals surface area contributed by atoms with Gasteiger partial charge < -0.3 is 4.90 Å². The lowest BCUT2D eigenvalue weighted by molar-refractivity contribution is 0.660. The second-order valence-corrected chi connectivity index (χ2v) is 4.60. The average molecular weight is 221 g/mol. The summed E-state index contributed by atoms with van der Waals surface area (Å²) in [5.74, 6) is 1.01. The number of unbranched alkanes of at least 4 members (excludes halogenated alkanes) is 1. The lowest BCUT2D eigenvalue weighted by Gasteiger charge is -2.31. The third-order valence-corrected chi connectivity index (χ3v) is 3.36. The van der Waals surface area contributed by atoms with Crippen LogP contribution in [0.4, 0.5) is 5.69 Å². The van der Waals surface area contributed by atoms with Crippen LogP contribution in [0.2, 0.25) is 0 Å². The number of benzene rings is 1. The number of fused-ring (bicyclic) bond motifs is 1. The van der Waals surface area contributed by atoms with Crippen molar-refractivity contribution in [3.8, 4) is 0 Å². The molecule has 1 aliphatic rings. The van der Waals surface area contributed by atoms with Crippen molar-refractivity contribution in [1.82, 2.24) is 0 Å². The molecule has 0 radical (unpaired) electrons. The Balaban J connectivity index is 2.02. The van der Waals surface area contributed by atoms with E-state index in [-0.39, 0.29) is 0 Å². The first-order valence-corrected chi connectivity index (χ1v) is 6.49. The number of para-hydroxylation sites is 1. The van der Waals surface area contributed by atoms with E-state index in [1.165, 1.54) is 50.0 Å². The minimum atomic E-state index is 1.01. The average Bonchev–Trinajstić information content (AvgIpc) is 2.30. The van der Waals surface area contributed by atoms with Gasteiger partial charge in [-0.25, -0.2) is 0 Å². The molecular weight excluding hydrogens is 202 g/mol. The minimum absolute atomic E-state index is 1.01. The van der Waals surface area contributed by atoms with Crippen LogP contribution in [0.15, 0.2) is 24.3 Å². The van der Waals surface area contributed by atoms with Gasteiger partial charge in [0.2, 0.25) is 0 Å². The molecule has 0 N–H and O–H groups in total. The summed E-state index contributed by atoms with van der Waals surface area (Å²) >= 11 is 4.26. The first kappa shape index (κ1) is 10.9. The van der Waals surface area contributed by atoms with Gasteiger partial charge in [-0.1, -0.05) is 18.2 Å². The summed E-state index contributed by atoms with van der Waals surface area (Å²) < 4.78 is 0. The molecule has 2 heteroatoms. The maximum atomic E-state index is 4.26. The molecule has 0 spiro atoms. The fourth-order valence-electron chi connectivity index (χ4n) is 2.26.